The van der Waals surface area contributed by atoms with Gasteiger partial charge in [0.2, 0.25) is 0 Å². The van der Waals surface area contributed by atoms with E-state index in [9.17, 15) is 15.3 Å². The number of hydrogen-bond acceptors (Lipinski definition) is 7. The molecule has 0 amide bonds. The van der Waals surface area contributed by atoms with Crippen LogP contribution in [0.5, 0.6) is 17.5 Å². The Balaban J connectivity index is 1.73. The van der Waals surface area contributed by atoms with E-state index in [-0.39, 0.29) is 23.4 Å². The second-order valence-electron chi connectivity index (χ2n) is 8.64. The molecule has 0 unspecified atom stereocenters. The maximum Gasteiger partial charge on any atom is 0.315 e. The first kappa shape index (κ1) is 23.6. The third-order valence-corrected chi connectivity index (χ3v) is 5.39. The average Bonchev–Trinajstić information content (AvgIpc) is 3.08. The third kappa shape index (κ3) is 5.77. The Kier molecular flexibility index (Phi) is 7.71. The molecule has 0 saturated heterocycles. The van der Waals surface area contributed by atoms with Crippen molar-refractivity contribution in [1.29, 1.82) is 0 Å². The van der Waals surface area contributed by atoms with E-state index in [0.29, 0.717) is 23.5 Å². The molecular formula is C24H33N5O3. The van der Waals surface area contributed by atoms with E-state index in [1.54, 1.807) is 10.6 Å². The van der Waals surface area contributed by atoms with Gasteiger partial charge >= 0.3 is 6.01 Å². The molecule has 32 heavy (non-hydrogen) atoms. The number of nitrogens with zero attached hydrogens (tertiary/aromatic N) is 4. The minimum absolute atomic E-state index is 0.0300. The summed E-state index contributed by atoms with van der Waals surface area (Å²) in [5, 5.41) is 42.1. The van der Waals surface area contributed by atoms with Crippen LogP contribution in [0, 0.1) is 0 Å². The molecule has 1 aromatic heterocycles. The molecule has 3 aromatic rings. The first-order valence-corrected chi connectivity index (χ1v) is 10.9. The molecule has 0 radical (unpaired) electrons. The van der Waals surface area contributed by atoms with Crippen molar-refractivity contribution in [3.8, 4) is 28.9 Å². The van der Waals surface area contributed by atoms with Crippen molar-refractivity contribution in [1.82, 2.24) is 25.0 Å². The number of phenols is 2. The topological polar surface area (TPSA) is 107 Å². The Morgan fingerprint density at radius 3 is 2.31 bits per heavy atom. The van der Waals surface area contributed by atoms with Gasteiger partial charge < -0.3 is 25.5 Å². The van der Waals surface area contributed by atoms with Gasteiger partial charge in [0, 0.05) is 12.6 Å². The maximum atomic E-state index is 10.4. The molecule has 4 N–H and O–H groups in total. The first-order chi connectivity index (χ1) is 15.3. The zero-order valence-electron chi connectivity index (χ0n) is 19.2. The second kappa shape index (κ2) is 10.5. The van der Waals surface area contributed by atoms with Gasteiger partial charge in [-0.15, -0.1) is 5.10 Å². The largest absolute Gasteiger partial charge is 0.508 e. The van der Waals surface area contributed by atoms with Crippen LogP contribution in [0.3, 0.4) is 0 Å². The van der Waals surface area contributed by atoms with Crippen molar-refractivity contribution in [2.45, 2.75) is 39.3 Å². The van der Waals surface area contributed by atoms with Crippen LogP contribution in [0.2, 0.25) is 0 Å². The monoisotopic (exact) mass is 439 g/mol. The Labute approximate surface area is 189 Å². The Morgan fingerprint density at radius 1 is 0.969 bits per heavy atom. The molecule has 0 bridgehead atoms. The SMILES string of the molecule is CC(C)c1cc(-c2nnc(O)n2Cc2ccc(CNCCCN(C)C)cc2)c(O)cc1O. The highest BCUT2D eigenvalue weighted by atomic mass is 16.3. The molecule has 0 aliphatic heterocycles. The predicted molar refractivity (Wildman–Crippen MR) is 125 cm³/mol. The summed E-state index contributed by atoms with van der Waals surface area (Å²) < 4.78 is 1.55. The molecule has 0 aliphatic carbocycles. The molecule has 0 atom stereocenters. The van der Waals surface area contributed by atoms with Crippen LogP contribution >= 0.6 is 0 Å². The van der Waals surface area contributed by atoms with Crippen molar-refractivity contribution in [3.63, 3.8) is 0 Å². The molecule has 3 rings (SSSR count). The van der Waals surface area contributed by atoms with Gasteiger partial charge in [-0.3, -0.25) is 4.57 Å². The van der Waals surface area contributed by atoms with Crippen LogP contribution < -0.4 is 5.32 Å². The smallest absolute Gasteiger partial charge is 0.315 e. The zero-order chi connectivity index (χ0) is 23.3. The van der Waals surface area contributed by atoms with Gasteiger partial charge in [-0.05, 0) is 62.3 Å². The lowest BCUT2D eigenvalue weighted by Crippen LogP contribution is -2.21. The summed E-state index contributed by atoms with van der Waals surface area (Å²) >= 11 is 0. The van der Waals surface area contributed by atoms with Crippen LogP contribution in [0.4, 0.5) is 0 Å². The molecule has 8 nitrogen and oxygen atoms in total. The van der Waals surface area contributed by atoms with E-state index in [2.05, 4.69) is 46.6 Å². The van der Waals surface area contributed by atoms with Gasteiger partial charge in [-0.1, -0.05) is 43.2 Å². The van der Waals surface area contributed by atoms with Crippen LogP contribution in [-0.4, -0.2) is 62.2 Å². The zero-order valence-corrected chi connectivity index (χ0v) is 19.2. The lowest BCUT2D eigenvalue weighted by atomic mass is 9.98. The fourth-order valence-corrected chi connectivity index (χ4v) is 3.57. The summed E-state index contributed by atoms with van der Waals surface area (Å²) in [6, 6.07) is 10.9. The van der Waals surface area contributed by atoms with E-state index in [4.69, 9.17) is 0 Å². The fourth-order valence-electron chi connectivity index (χ4n) is 3.57. The van der Waals surface area contributed by atoms with Crippen molar-refractivity contribution in [2.75, 3.05) is 27.2 Å². The number of nitrogens with one attached hydrogen (secondary N) is 1. The number of phenolic OH excluding ortho intramolecular Hbond substituents is 2. The quantitative estimate of drug-likeness (QED) is 0.359. The summed E-state index contributed by atoms with van der Waals surface area (Å²) in [4.78, 5) is 2.17. The Hall–Kier alpha value is -3.10. The third-order valence-electron chi connectivity index (χ3n) is 5.39. The van der Waals surface area contributed by atoms with Crippen molar-refractivity contribution >= 4 is 0 Å². The van der Waals surface area contributed by atoms with Gasteiger partial charge in [0.05, 0.1) is 12.1 Å². The summed E-state index contributed by atoms with van der Waals surface area (Å²) in [5.41, 5.74) is 3.26. The summed E-state index contributed by atoms with van der Waals surface area (Å²) in [5.74, 6) is 0.315. The molecular weight excluding hydrogens is 406 g/mol. The van der Waals surface area contributed by atoms with Crippen LogP contribution in [0.15, 0.2) is 36.4 Å². The normalized spacial score (nSPS) is 11.6. The second-order valence-corrected chi connectivity index (χ2v) is 8.64. The van der Waals surface area contributed by atoms with Crippen LogP contribution in [0.1, 0.15) is 42.9 Å². The number of benzene rings is 2. The highest BCUT2D eigenvalue weighted by Crippen LogP contribution is 2.38. The van der Waals surface area contributed by atoms with Crippen molar-refractivity contribution in [3.05, 3.63) is 53.1 Å². The molecule has 172 valence electrons. The highest BCUT2D eigenvalue weighted by Gasteiger charge is 2.20. The van der Waals surface area contributed by atoms with Gasteiger partial charge in [0.15, 0.2) is 5.82 Å². The maximum absolute atomic E-state index is 10.4. The van der Waals surface area contributed by atoms with E-state index in [0.717, 1.165) is 31.6 Å². The van der Waals surface area contributed by atoms with E-state index in [1.165, 1.54) is 11.6 Å². The summed E-state index contributed by atoms with van der Waals surface area (Å²) in [7, 11) is 4.15. The molecule has 2 aromatic carbocycles. The lowest BCUT2D eigenvalue weighted by molar-refractivity contribution is 0.394. The summed E-state index contributed by atoms with van der Waals surface area (Å²) in [6.45, 7) is 7.09. The standard InChI is InChI=1S/C24H33N5O3/c1-16(2)19-12-20(22(31)13-21(19)30)23-26-27-24(32)29(23)15-18-8-6-17(7-9-18)14-25-10-5-11-28(3)4/h6-9,12-13,16,25,30-31H,5,10-11,14-15H2,1-4H3,(H,27,32). The first-order valence-electron chi connectivity index (χ1n) is 10.9. The average molecular weight is 440 g/mol. The van der Waals surface area contributed by atoms with Crippen LogP contribution in [-0.2, 0) is 13.1 Å². The van der Waals surface area contributed by atoms with Gasteiger partial charge in [0.25, 0.3) is 0 Å². The minimum Gasteiger partial charge on any atom is -0.508 e. The number of aromatic hydroxyl groups is 3. The van der Waals surface area contributed by atoms with Crippen LogP contribution in [0.25, 0.3) is 11.4 Å². The van der Waals surface area contributed by atoms with Gasteiger partial charge in [-0.25, -0.2) is 0 Å². The van der Waals surface area contributed by atoms with E-state index < -0.39 is 0 Å². The molecule has 8 heteroatoms. The molecule has 0 spiro atoms. The van der Waals surface area contributed by atoms with E-state index >= 15 is 0 Å². The van der Waals surface area contributed by atoms with Gasteiger partial charge in [-0.2, -0.15) is 0 Å². The van der Waals surface area contributed by atoms with E-state index in [1.807, 2.05) is 26.0 Å². The Morgan fingerprint density at radius 2 is 1.66 bits per heavy atom. The lowest BCUT2D eigenvalue weighted by Gasteiger charge is -2.14. The van der Waals surface area contributed by atoms with Crippen molar-refractivity contribution < 1.29 is 15.3 Å². The van der Waals surface area contributed by atoms with Crippen molar-refractivity contribution in [2.24, 2.45) is 0 Å². The predicted octanol–water partition coefficient (Wildman–Crippen LogP) is 3.27. The summed E-state index contributed by atoms with van der Waals surface area (Å²) in [6.07, 6.45) is 1.10. The Bertz CT molecular complexity index is 1030. The molecule has 0 saturated carbocycles. The number of aromatic nitrogens is 3. The number of rotatable bonds is 10. The molecule has 0 aliphatic rings. The van der Waals surface area contributed by atoms with Gasteiger partial charge in [0.1, 0.15) is 11.5 Å². The fraction of sp³-hybridized carbons (Fsp3) is 0.417. The highest BCUT2D eigenvalue weighted by molar-refractivity contribution is 5.68. The molecule has 0 fully saturated rings. The number of hydrogen-bond donors (Lipinski definition) is 4. The molecule has 1 heterocycles. The minimum atomic E-state index is -0.231.